The molecule has 4 nitrogen and oxygen atoms in total. The minimum atomic E-state index is -0.324. The Morgan fingerprint density at radius 3 is 3.23 bits per heavy atom. The summed E-state index contributed by atoms with van der Waals surface area (Å²) in [5, 5.41) is 0. The molecule has 0 amide bonds. The molecule has 0 N–H and O–H groups in total. The first-order valence-electron chi connectivity index (χ1n) is 4.27. The SMILES string of the molecule is CCCn1c(=O)oc2cccnc21. The fourth-order valence-electron chi connectivity index (χ4n) is 1.32. The van der Waals surface area contributed by atoms with Crippen LogP contribution in [0.15, 0.2) is 27.5 Å². The summed E-state index contributed by atoms with van der Waals surface area (Å²) in [6.45, 7) is 2.66. The van der Waals surface area contributed by atoms with Crippen LogP contribution in [-0.2, 0) is 6.54 Å². The first-order chi connectivity index (χ1) is 6.33. The summed E-state index contributed by atoms with van der Waals surface area (Å²) in [5.74, 6) is -0.324. The van der Waals surface area contributed by atoms with Crippen molar-refractivity contribution in [3.05, 3.63) is 28.9 Å². The molecule has 68 valence electrons. The third-order valence-electron chi connectivity index (χ3n) is 1.87. The van der Waals surface area contributed by atoms with Crippen LogP contribution in [0.3, 0.4) is 0 Å². The standard InChI is InChI=1S/C9H10N2O2/c1-2-6-11-8-7(13-9(11)12)4-3-5-10-8/h3-5H,2,6H2,1H3. The second-order valence-electron chi connectivity index (χ2n) is 2.84. The highest BCUT2D eigenvalue weighted by Crippen LogP contribution is 2.08. The van der Waals surface area contributed by atoms with Crippen molar-refractivity contribution in [3.63, 3.8) is 0 Å². The van der Waals surface area contributed by atoms with Crippen LogP contribution in [-0.4, -0.2) is 9.55 Å². The monoisotopic (exact) mass is 178 g/mol. The lowest BCUT2D eigenvalue weighted by atomic mass is 10.4. The molecule has 2 aromatic rings. The fourth-order valence-corrected chi connectivity index (χ4v) is 1.32. The van der Waals surface area contributed by atoms with Crippen molar-refractivity contribution in [3.8, 4) is 0 Å². The maximum atomic E-state index is 11.3. The Morgan fingerprint density at radius 2 is 2.46 bits per heavy atom. The van der Waals surface area contributed by atoms with Gasteiger partial charge in [-0.3, -0.25) is 4.57 Å². The summed E-state index contributed by atoms with van der Waals surface area (Å²) in [5.41, 5.74) is 1.19. The zero-order valence-corrected chi connectivity index (χ0v) is 7.36. The number of nitrogens with zero attached hydrogens (tertiary/aromatic N) is 2. The minimum absolute atomic E-state index is 0.324. The third-order valence-corrected chi connectivity index (χ3v) is 1.87. The molecule has 2 aromatic heterocycles. The number of aromatic nitrogens is 2. The molecule has 0 spiro atoms. The lowest BCUT2D eigenvalue weighted by Gasteiger charge is -1.95. The Balaban J connectivity index is 2.71. The Labute approximate surface area is 74.8 Å². The van der Waals surface area contributed by atoms with Gasteiger partial charge in [-0.05, 0) is 18.6 Å². The van der Waals surface area contributed by atoms with Crippen LogP contribution in [0.4, 0.5) is 0 Å². The second kappa shape index (κ2) is 3.05. The molecular weight excluding hydrogens is 168 g/mol. The normalized spacial score (nSPS) is 10.8. The molecule has 0 atom stereocenters. The first kappa shape index (κ1) is 8.04. The van der Waals surface area contributed by atoms with E-state index in [0.29, 0.717) is 17.8 Å². The summed E-state index contributed by atoms with van der Waals surface area (Å²) in [6, 6.07) is 3.50. The molecule has 0 aliphatic carbocycles. The second-order valence-corrected chi connectivity index (χ2v) is 2.84. The van der Waals surface area contributed by atoms with Gasteiger partial charge in [-0.1, -0.05) is 6.92 Å². The molecule has 2 rings (SSSR count). The maximum Gasteiger partial charge on any atom is 0.421 e. The van der Waals surface area contributed by atoms with Crippen LogP contribution >= 0.6 is 0 Å². The van der Waals surface area contributed by atoms with E-state index in [4.69, 9.17) is 4.42 Å². The van der Waals surface area contributed by atoms with E-state index in [1.807, 2.05) is 6.92 Å². The van der Waals surface area contributed by atoms with Gasteiger partial charge in [0.1, 0.15) is 0 Å². The van der Waals surface area contributed by atoms with E-state index in [-0.39, 0.29) is 5.76 Å². The van der Waals surface area contributed by atoms with E-state index in [9.17, 15) is 4.79 Å². The molecule has 0 fully saturated rings. The van der Waals surface area contributed by atoms with E-state index in [0.717, 1.165) is 6.42 Å². The predicted molar refractivity (Wildman–Crippen MR) is 48.6 cm³/mol. The van der Waals surface area contributed by atoms with Gasteiger partial charge in [0.05, 0.1) is 0 Å². The number of hydrogen-bond donors (Lipinski definition) is 0. The van der Waals surface area contributed by atoms with Crippen LogP contribution in [0.25, 0.3) is 11.2 Å². The lowest BCUT2D eigenvalue weighted by molar-refractivity contribution is 0.502. The number of oxazole rings is 1. The quantitative estimate of drug-likeness (QED) is 0.698. The Hall–Kier alpha value is -1.58. The highest BCUT2D eigenvalue weighted by atomic mass is 16.4. The van der Waals surface area contributed by atoms with Crippen LogP contribution in [0, 0.1) is 0 Å². The van der Waals surface area contributed by atoms with Crippen LogP contribution in [0.5, 0.6) is 0 Å². The van der Waals surface area contributed by atoms with E-state index < -0.39 is 0 Å². The van der Waals surface area contributed by atoms with Crippen LogP contribution in [0.1, 0.15) is 13.3 Å². The van der Waals surface area contributed by atoms with Crippen LogP contribution in [0.2, 0.25) is 0 Å². The number of aryl methyl sites for hydroxylation is 1. The van der Waals surface area contributed by atoms with E-state index in [1.54, 1.807) is 22.9 Å². The van der Waals surface area contributed by atoms with E-state index in [1.165, 1.54) is 0 Å². The van der Waals surface area contributed by atoms with Crippen molar-refractivity contribution in [2.24, 2.45) is 0 Å². The van der Waals surface area contributed by atoms with Gasteiger partial charge in [0.25, 0.3) is 0 Å². The molecule has 0 aliphatic heterocycles. The average Bonchev–Trinajstić information content (AvgIpc) is 2.44. The van der Waals surface area contributed by atoms with Gasteiger partial charge < -0.3 is 4.42 Å². The molecular formula is C9H10N2O2. The fraction of sp³-hybridized carbons (Fsp3) is 0.333. The molecule has 0 aliphatic rings. The zero-order valence-electron chi connectivity index (χ0n) is 7.36. The molecule has 2 heterocycles. The summed E-state index contributed by atoms with van der Waals surface area (Å²) in [6.07, 6.45) is 2.55. The number of fused-ring (bicyclic) bond motifs is 1. The molecule has 4 heteroatoms. The number of hydrogen-bond acceptors (Lipinski definition) is 3. The summed E-state index contributed by atoms with van der Waals surface area (Å²) >= 11 is 0. The van der Waals surface area contributed by atoms with E-state index in [2.05, 4.69) is 4.98 Å². The number of rotatable bonds is 2. The minimum Gasteiger partial charge on any atom is -0.406 e. The maximum absolute atomic E-state index is 11.3. The zero-order chi connectivity index (χ0) is 9.26. The van der Waals surface area contributed by atoms with Crippen LogP contribution < -0.4 is 5.76 Å². The topological polar surface area (TPSA) is 48.0 Å². The van der Waals surface area contributed by atoms with Gasteiger partial charge in [-0.25, -0.2) is 9.78 Å². The Morgan fingerprint density at radius 1 is 1.62 bits per heavy atom. The predicted octanol–water partition coefficient (Wildman–Crippen LogP) is 1.40. The van der Waals surface area contributed by atoms with Gasteiger partial charge in [0.2, 0.25) is 0 Å². The molecule has 13 heavy (non-hydrogen) atoms. The van der Waals surface area contributed by atoms with Gasteiger partial charge in [0, 0.05) is 12.7 Å². The number of pyridine rings is 1. The van der Waals surface area contributed by atoms with Gasteiger partial charge in [-0.2, -0.15) is 0 Å². The van der Waals surface area contributed by atoms with Gasteiger partial charge >= 0.3 is 5.76 Å². The van der Waals surface area contributed by atoms with Gasteiger partial charge in [0.15, 0.2) is 11.2 Å². The highest BCUT2D eigenvalue weighted by Gasteiger charge is 2.07. The van der Waals surface area contributed by atoms with Crippen molar-refractivity contribution in [2.45, 2.75) is 19.9 Å². The Bertz CT molecular complexity index is 470. The molecule has 0 saturated carbocycles. The summed E-state index contributed by atoms with van der Waals surface area (Å²) < 4.78 is 6.55. The summed E-state index contributed by atoms with van der Waals surface area (Å²) in [4.78, 5) is 15.4. The van der Waals surface area contributed by atoms with Crippen molar-refractivity contribution < 1.29 is 4.42 Å². The van der Waals surface area contributed by atoms with Crippen molar-refractivity contribution in [1.29, 1.82) is 0 Å². The smallest absolute Gasteiger partial charge is 0.406 e. The molecule has 0 aromatic carbocycles. The highest BCUT2D eigenvalue weighted by molar-refractivity contribution is 5.67. The van der Waals surface area contributed by atoms with E-state index >= 15 is 0 Å². The average molecular weight is 178 g/mol. The first-order valence-corrected chi connectivity index (χ1v) is 4.27. The van der Waals surface area contributed by atoms with Crippen molar-refractivity contribution in [1.82, 2.24) is 9.55 Å². The molecule has 0 radical (unpaired) electrons. The molecule has 0 bridgehead atoms. The lowest BCUT2D eigenvalue weighted by Crippen LogP contribution is -2.13. The molecule has 0 saturated heterocycles. The molecule has 0 unspecified atom stereocenters. The van der Waals surface area contributed by atoms with Gasteiger partial charge in [-0.15, -0.1) is 0 Å². The third kappa shape index (κ3) is 1.24. The summed E-state index contributed by atoms with van der Waals surface area (Å²) in [7, 11) is 0. The van der Waals surface area contributed by atoms with Crippen molar-refractivity contribution in [2.75, 3.05) is 0 Å². The Kier molecular flexibility index (Phi) is 1.88. The largest absolute Gasteiger partial charge is 0.421 e. The van der Waals surface area contributed by atoms with Crippen molar-refractivity contribution >= 4 is 11.2 Å².